The minimum absolute atomic E-state index is 0.175. The number of hydrogen-bond donors (Lipinski definition) is 1. The number of hydrogen-bond acceptors (Lipinski definition) is 3. The molecule has 1 amide bonds. The molecular formula is C18H17ClN4O. The van der Waals surface area contributed by atoms with Gasteiger partial charge in [-0.2, -0.15) is 5.10 Å². The fraction of sp³-hybridized carbons (Fsp3) is 0.167. The standard InChI is InChI=1S/C18H17ClN4O/c1-13(17-8-4-5-9-20-17)22-18(24)15-10-21-23(12-15)11-14-6-2-3-7-16(14)19/h2-10,12-13H,11H2,1H3,(H,22,24). The Balaban J connectivity index is 1.67. The maximum atomic E-state index is 12.3. The fourth-order valence-electron chi connectivity index (χ4n) is 2.35. The molecule has 6 heteroatoms. The molecule has 0 saturated heterocycles. The van der Waals surface area contributed by atoms with Crippen LogP contribution in [0.15, 0.2) is 61.1 Å². The topological polar surface area (TPSA) is 59.8 Å². The summed E-state index contributed by atoms with van der Waals surface area (Å²) in [7, 11) is 0. The van der Waals surface area contributed by atoms with E-state index in [0.717, 1.165) is 11.3 Å². The van der Waals surface area contributed by atoms with Gasteiger partial charge in [-0.1, -0.05) is 35.9 Å². The first-order chi connectivity index (χ1) is 11.6. The number of amides is 1. The second-order valence-corrected chi connectivity index (χ2v) is 5.87. The van der Waals surface area contributed by atoms with E-state index < -0.39 is 0 Å². The van der Waals surface area contributed by atoms with Crippen LogP contribution in [0.3, 0.4) is 0 Å². The summed E-state index contributed by atoms with van der Waals surface area (Å²) in [6.45, 7) is 2.41. The zero-order valence-electron chi connectivity index (χ0n) is 13.2. The largest absolute Gasteiger partial charge is 0.344 e. The van der Waals surface area contributed by atoms with Gasteiger partial charge in [0.25, 0.3) is 5.91 Å². The molecule has 1 atom stereocenters. The molecule has 1 unspecified atom stereocenters. The van der Waals surface area contributed by atoms with Gasteiger partial charge in [-0.3, -0.25) is 14.5 Å². The number of aromatic nitrogens is 3. The summed E-state index contributed by atoms with van der Waals surface area (Å²) in [6.07, 6.45) is 4.97. The molecule has 2 aromatic heterocycles. The van der Waals surface area contributed by atoms with Crippen molar-refractivity contribution >= 4 is 17.5 Å². The quantitative estimate of drug-likeness (QED) is 0.773. The van der Waals surface area contributed by atoms with E-state index in [1.54, 1.807) is 23.3 Å². The number of pyridine rings is 1. The third-order valence-electron chi connectivity index (χ3n) is 3.66. The van der Waals surface area contributed by atoms with Gasteiger partial charge in [-0.15, -0.1) is 0 Å². The van der Waals surface area contributed by atoms with Gasteiger partial charge < -0.3 is 5.32 Å². The molecule has 0 spiro atoms. The van der Waals surface area contributed by atoms with E-state index in [0.29, 0.717) is 17.1 Å². The van der Waals surface area contributed by atoms with Crippen LogP contribution in [0.4, 0.5) is 0 Å². The molecule has 3 aromatic rings. The van der Waals surface area contributed by atoms with E-state index >= 15 is 0 Å². The molecule has 0 aliphatic rings. The van der Waals surface area contributed by atoms with Crippen LogP contribution in [0.5, 0.6) is 0 Å². The Hall–Kier alpha value is -2.66. The van der Waals surface area contributed by atoms with Crippen molar-refractivity contribution in [3.8, 4) is 0 Å². The zero-order valence-corrected chi connectivity index (χ0v) is 13.9. The molecule has 1 N–H and O–H groups in total. The first-order valence-electron chi connectivity index (χ1n) is 7.61. The second kappa shape index (κ2) is 7.27. The highest BCUT2D eigenvalue weighted by molar-refractivity contribution is 6.31. The molecule has 0 fully saturated rings. The van der Waals surface area contributed by atoms with Crippen molar-refractivity contribution in [3.63, 3.8) is 0 Å². The van der Waals surface area contributed by atoms with E-state index in [4.69, 9.17) is 11.6 Å². The van der Waals surface area contributed by atoms with Gasteiger partial charge in [0.2, 0.25) is 0 Å². The van der Waals surface area contributed by atoms with Crippen molar-refractivity contribution in [1.82, 2.24) is 20.1 Å². The van der Waals surface area contributed by atoms with E-state index in [2.05, 4.69) is 15.4 Å². The number of carbonyl (C=O) groups excluding carboxylic acids is 1. The first kappa shape index (κ1) is 16.2. The van der Waals surface area contributed by atoms with Gasteiger partial charge in [-0.05, 0) is 30.7 Å². The van der Waals surface area contributed by atoms with Crippen LogP contribution in [0.2, 0.25) is 5.02 Å². The number of benzene rings is 1. The summed E-state index contributed by atoms with van der Waals surface area (Å²) in [5, 5.41) is 7.84. The minimum Gasteiger partial charge on any atom is -0.344 e. The average molecular weight is 341 g/mol. The smallest absolute Gasteiger partial charge is 0.254 e. The second-order valence-electron chi connectivity index (χ2n) is 5.47. The first-order valence-corrected chi connectivity index (χ1v) is 7.99. The number of carbonyl (C=O) groups is 1. The lowest BCUT2D eigenvalue weighted by Crippen LogP contribution is -2.26. The van der Waals surface area contributed by atoms with Crippen molar-refractivity contribution < 1.29 is 4.79 Å². The summed E-state index contributed by atoms with van der Waals surface area (Å²) >= 11 is 6.15. The van der Waals surface area contributed by atoms with Gasteiger partial charge >= 0.3 is 0 Å². The van der Waals surface area contributed by atoms with Gasteiger partial charge in [0, 0.05) is 17.4 Å². The minimum atomic E-state index is -0.182. The predicted molar refractivity (Wildman–Crippen MR) is 92.9 cm³/mol. The van der Waals surface area contributed by atoms with Crippen LogP contribution in [0, 0.1) is 0 Å². The summed E-state index contributed by atoms with van der Waals surface area (Å²) in [5.74, 6) is -0.182. The molecule has 0 bridgehead atoms. The predicted octanol–water partition coefficient (Wildman–Crippen LogP) is 3.47. The Labute approximate surface area is 145 Å². The lowest BCUT2D eigenvalue weighted by atomic mass is 10.2. The van der Waals surface area contributed by atoms with Crippen molar-refractivity contribution in [1.29, 1.82) is 0 Å². The fourth-order valence-corrected chi connectivity index (χ4v) is 2.55. The maximum absolute atomic E-state index is 12.3. The monoisotopic (exact) mass is 340 g/mol. The highest BCUT2D eigenvalue weighted by atomic mass is 35.5. The molecule has 1 aromatic carbocycles. The number of halogens is 1. The van der Waals surface area contributed by atoms with E-state index in [9.17, 15) is 4.79 Å². The van der Waals surface area contributed by atoms with Crippen LogP contribution in [-0.2, 0) is 6.54 Å². The number of nitrogens with zero attached hydrogens (tertiary/aromatic N) is 3. The molecule has 0 saturated carbocycles. The van der Waals surface area contributed by atoms with Crippen molar-refractivity contribution in [2.45, 2.75) is 19.5 Å². The Morgan fingerprint density at radius 3 is 2.79 bits per heavy atom. The third-order valence-corrected chi connectivity index (χ3v) is 4.03. The van der Waals surface area contributed by atoms with Gasteiger partial charge in [-0.25, -0.2) is 0 Å². The number of nitrogens with one attached hydrogen (secondary N) is 1. The van der Waals surface area contributed by atoms with Crippen LogP contribution in [0.25, 0.3) is 0 Å². The Kier molecular flexibility index (Phi) is 4.91. The summed E-state index contributed by atoms with van der Waals surface area (Å²) < 4.78 is 1.70. The highest BCUT2D eigenvalue weighted by Gasteiger charge is 2.14. The summed E-state index contributed by atoms with van der Waals surface area (Å²) in [4.78, 5) is 16.6. The third kappa shape index (κ3) is 3.81. The van der Waals surface area contributed by atoms with Crippen LogP contribution < -0.4 is 5.32 Å². The van der Waals surface area contributed by atoms with E-state index in [-0.39, 0.29) is 11.9 Å². The summed E-state index contributed by atoms with van der Waals surface area (Å²) in [5.41, 5.74) is 2.27. The molecule has 24 heavy (non-hydrogen) atoms. The normalized spacial score (nSPS) is 11.9. The van der Waals surface area contributed by atoms with Crippen molar-refractivity contribution in [2.75, 3.05) is 0 Å². The van der Waals surface area contributed by atoms with Crippen LogP contribution in [0.1, 0.15) is 34.6 Å². The van der Waals surface area contributed by atoms with Gasteiger partial charge in [0.15, 0.2) is 0 Å². The van der Waals surface area contributed by atoms with Crippen LogP contribution >= 0.6 is 11.6 Å². The number of rotatable bonds is 5. The summed E-state index contributed by atoms with van der Waals surface area (Å²) in [6, 6.07) is 13.0. The molecule has 0 aliphatic carbocycles. The van der Waals surface area contributed by atoms with Gasteiger partial charge in [0.1, 0.15) is 0 Å². The molecular weight excluding hydrogens is 324 g/mol. The highest BCUT2D eigenvalue weighted by Crippen LogP contribution is 2.16. The Bertz CT molecular complexity index is 832. The van der Waals surface area contributed by atoms with Gasteiger partial charge in [0.05, 0.1) is 30.0 Å². The van der Waals surface area contributed by atoms with Crippen molar-refractivity contribution in [3.05, 3.63) is 82.9 Å². The maximum Gasteiger partial charge on any atom is 0.254 e. The molecule has 122 valence electrons. The SMILES string of the molecule is CC(NC(=O)c1cnn(Cc2ccccc2Cl)c1)c1ccccn1. The lowest BCUT2D eigenvalue weighted by Gasteiger charge is -2.12. The zero-order chi connectivity index (χ0) is 16.9. The average Bonchev–Trinajstić information content (AvgIpc) is 3.06. The molecule has 5 nitrogen and oxygen atoms in total. The molecule has 0 radical (unpaired) electrons. The van der Waals surface area contributed by atoms with Crippen molar-refractivity contribution in [2.24, 2.45) is 0 Å². The molecule has 0 aliphatic heterocycles. The molecule has 2 heterocycles. The Morgan fingerprint density at radius 2 is 2.04 bits per heavy atom. The van der Waals surface area contributed by atoms with E-state index in [1.807, 2.05) is 49.4 Å². The lowest BCUT2D eigenvalue weighted by molar-refractivity contribution is 0.0939. The van der Waals surface area contributed by atoms with E-state index in [1.165, 1.54) is 0 Å². The molecule has 3 rings (SSSR count). The van der Waals surface area contributed by atoms with Crippen LogP contribution in [-0.4, -0.2) is 20.7 Å². The Morgan fingerprint density at radius 1 is 1.25 bits per heavy atom.